The largest absolute Gasteiger partial charge is 0.419 e. The summed E-state index contributed by atoms with van der Waals surface area (Å²) < 4.78 is 31.7. The van der Waals surface area contributed by atoms with Crippen molar-refractivity contribution in [2.75, 3.05) is 11.9 Å². The van der Waals surface area contributed by atoms with Crippen LogP contribution in [-0.2, 0) is 9.84 Å². The molecule has 3 rings (SSSR count). The van der Waals surface area contributed by atoms with E-state index in [0.29, 0.717) is 17.1 Å². The van der Waals surface area contributed by atoms with E-state index in [2.05, 4.69) is 16.9 Å². The van der Waals surface area contributed by atoms with Gasteiger partial charge in [0.25, 0.3) is 0 Å². The van der Waals surface area contributed by atoms with Crippen molar-refractivity contribution >= 4 is 27.3 Å². The average molecular weight is 389 g/mol. The van der Waals surface area contributed by atoms with Crippen LogP contribution in [0.4, 0.5) is 5.88 Å². The number of sulfone groups is 1. The Morgan fingerprint density at radius 1 is 1.15 bits per heavy atom. The van der Waals surface area contributed by atoms with Gasteiger partial charge in [-0.15, -0.1) is 6.58 Å². The van der Waals surface area contributed by atoms with Crippen LogP contribution in [0.5, 0.6) is 0 Å². The Labute approximate surface area is 157 Å². The van der Waals surface area contributed by atoms with Crippen molar-refractivity contribution in [3.8, 4) is 11.5 Å². The van der Waals surface area contributed by atoms with Crippen molar-refractivity contribution in [1.29, 1.82) is 0 Å². The second-order valence-electron chi connectivity index (χ2n) is 5.65. The maximum absolute atomic E-state index is 13.0. The topological polar surface area (TPSA) is 72.2 Å². The predicted octanol–water partition coefficient (Wildman–Crippen LogP) is 4.73. The average Bonchev–Trinajstić information content (AvgIpc) is 3.06. The molecule has 26 heavy (non-hydrogen) atoms. The Balaban J connectivity index is 2.10. The molecule has 0 fully saturated rings. The molecule has 5 nitrogen and oxygen atoms in total. The number of aryl methyl sites for hydroxylation is 1. The minimum atomic E-state index is -3.84. The van der Waals surface area contributed by atoms with E-state index in [4.69, 9.17) is 16.0 Å². The highest BCUT2D eigenvalue weighted by Gasteiger charge is 2.28. The van der Waals surface area contributed by atoms with Crippen LogP contribution in [0.1, 0.15) is 5.56 Å². The zero-order valence-corrected chi connectivity index (χ0v) is 15.6. The molecule has 0 saturated carbocycles. The van der Waals surface area contributed by atoms with E-state index < -0.39 is 9.84 Å². The van der Waals surface area contributed by atoms with Gasteiger partial charge in [-0.05, 0) is 43.3 Å². The summed E-state index contributed by atoms with van der Waals surface area (Å²) in [4.78, 5) is 4.39. The van der Waals surface area contributed by atoms with E-state index in [-0.39, 0.29) is 21.7 Å². The van der Waals surface area contributed by atoms with E-state index in [1.807, 2.05) is 6.92 Å². The first-order valence-electron chi connectivity index (χ1n) is 7.85. The molecule has 0 saturated heterocycles. The van der Waals surface area contributed by atoms with Gasteiger partial charge in [-0.3, -0.25) is 0 Å². The molecule has 0 radical (unpaired) electrons. The smallest absolute Gasteiger partial charge is 0.234 e. The van der Waals surface area contributed by atoms with Gasteiger partial charge in [0.05, 0.1) is 4.90 Å². The first-order valence-corrected chi connectivity index (χ1v) is 9.71. The second-order valence-corrected chi connectivity index (χ2v) is 7.95. The molecular formula is C19H17ClN2O3S. The first-order chi connectivity index (χ1) is 12.4. The highest BCUT2D eigenvalue weighted by atomic mass is 35.5. The van der Waals surface area contributed by atoms with Crippen molar-refractivity contribution in [2.45, 2.75) is 16.8 Å². The lowest BCUT2D eigenvalue weighted by Gasteiger charge is -2.04. The molecular weight excluding hydrogens is 372 g/mol. The number of halogens is 1. The van der Waals surface area contributed by atoms with Crippen LogP contribution in [-0.4, -0.2) is 19.9 Å². The number of nitrogens with one attached hydrogen (secondary N) is 1. The van der Waals surface area contributed by atoms with Crippen LogP contribution in [0, 0.1) is 6.92 Å². The highest BCUT2D eigenvalue weighted by Crippen LogP contribution is 2.32. The van der Waals surface area contributed by atoms with Crippen molar-refractivity contribution in [3.05, 3.63) is 71.8 Å². The molecule has 134 valence electrons. The summed E-state index contributed by atoms with van der Waals surface area (Å²) in [5.41, 5.74) is 1.59. The minimum absolute atomic E-state index is 0.0791. The fourth-order valence-corrected chi connectivity index (χ4v) is 3.71. The van der Waals surface area contributed by atoms with Crippen LogP contribution in [0.15, 0.2) is 75.5 Å². The number of nitrogens with zero attached hydrogens (tertiary/aromatic N) is 1. The lowest BCUT2D eigenvalue weighted by atomic mass is 10.2. The van der Waals surface area contributed by atoms with Gasteiger partial charge in [-0.1, -0.05) is 35.4 Å². The normalized spacial score (nSPS) is 11.3. The van der Waals surface area contributed by atoms with Crippen molar-refractivity contribution in [3.63, 3.8) is 0 Å². The Kier molecular flexibility index (Phi) is 5.15. The predicted molar refractivity (Wildman–Crippen MR) is 102 cm³/mol. The molecule has 0 aliphatic carbocycles. The number of anilines is 1. The summed E-state index contributed by atoms with van der Waals surface area (Å²) in [6.07, 6.45) is 1.60. The fraction of sp³-hybridized carbons (Fsp3) is 0.105. The van der Waals surface area contributed by atoms with E-state index >= 15 is 0 Å². The number of hydrogen-bond acceptors (Lipinski definition) is 5. The molecule has 0 amide bonds. The third kappa shape index (κ3) is 3.66. The molecule has 0 aliphatic rings. The molecule has 1 aromatic heterocycles. The number of aromatic nitrogens is 1. The molecule has 3 aromatic rings. The van der Waals surface area contributed by atoms with Crippen LogP contribution in [0.2, 0.25) is 5.02 Å². The van der Waals surface area contributed by atoms with Gasteiger partial charge in [0.2, 0.25) is 26.6 Å². The molecule has 2 aromatic carbocycles. The summed E-state index contributed by atoms with van der Waals surface area (Å²) in [7, 11) is -3.84. The van der Waals surface area contributed by atoms with Gasteiger partial charge >= 0.3 is 0 Å². The Bertz CT molecular complexity index is 1020. The summed E-state index contributed by atoms with van der Waals surface area (Å²) in [5.74, 6) is 0.273. The number of hydrogen-bond donors (Lipinski definition) is 1. The highest BCUT2D eigenvalue weighted by molar-refractivity contribution is 7.91. The van der Waals surface area contributed by atoms with Crippen LogP contribution < -0.4 is 5.32 Å². The molecule has 0 bridgehead atoms. The summed E-state index contributed by atoms with van der Waals surface area (Å²) in [5, 5.41) is 3.31. The molecule has 1 N–H and O–H groups in total. The van der Waals surface area contributed by atoms with Gasteiger partial charge in [-0.25, -0.2) is 8.42 Å². The number of rotatable bonds is 6. The third-order valence-corrected chi connectivity index (χ3v) is 5.61. The standard InChI is InChI=1S/C19H17ClN2O3S/c1-3-12-21-18-19(26(23,24)16-10-4-13(2)5-11-16)22-17(25-18)14-6-8-15(20)9-7-14/h3-11,21H,1,12H2,2H3. The third-order valence-electron chi connectivity index (χ3n) is 3.68. The van der Waals surface area contributed by atoms with Gasteiger partial charge in [0.1, 0.15) is 0 Å². The van der Waals surface area contributed by atoms with Crippen LogP contribution in [0.3, 0.4) is 0 Å². The first kappa shape index (κ1) is 18.2. The van der Waals surface area contributed by atoms with Gasteiger partial charge < -0.3 is 9.73 Å². The van der Waals surface area contributed by atoms with Gasteiger partial charge in [0, 0.05) is 17.1 Å². The lowest BCUT2D eigenvalue weighted by molar-refractivity contribution is 0.579. The van der Waals surface area contributed by atoms with Crippen molar-refractivity contribution in [1.82, 2.24) is 4.98 Å². The van der Waals surface area contributed by atoms with E-state index in [1.54, 1.807) is 54.6 Å². The quantitative estimate of drug-likeness (QED) is 0.618. The summed E-state index contributed by atoms with van der Waals surface area (Å²) in [6.45, 7) is 5.85. The monoisotopic (exact) mass is 388 g/mol. The minimum Gasteiger partial charge on any atom is -0.419 e. The summed E-state index contributed by atoms with van der Waals surface area (Å²) in [6, 6.07) is 13.4. The summed E-state index contributed by atoms with van der Waals surface area (Å²) >= 11 is 5.90. The van der Waals surface area contributed by atoms with Crippen molar-refractivity contribution in [2.24, 2.45) is 0 Å². The molecule has 7 heteroatoms. The second kappa shape index (κ2) is 7.35. The molecule has 0 spiro atoms. The molecule has 0 atom stereocenters. The van der Waals surface area contributed by atoms with E-state index in [0.717, 1.165) is 5.56 Å². The fourth-order valence-electron chi connectivity index (χ4n) is 2.31. The SMILES string of the molecule is C=CCNc1oc(-c2ccc(Cl)cc2)nc1S(=O)(=O)c1ccc(C)cc1. The van der Waals surface area contributed by atoms with Crippen LogP contribution >= 0.6 is 11.6 Å². The van der Waals surface area contributed by atoms with Crippen LogP contribution in [0.25, 0.3) is 11.5 Å². The lowest BCUT2D eigenvalue weighted by Crippen LogP contribution is -2.07. The Morgan fingerprint density at radius 2 is 1.81 bits per heavy atom. The Morgan fingerprint density at radius 3 is 2.42 bits per heavy atom. The Hall–Kier alpha value is -2.57. The van der Waals surface area contributed by atoms with Gasteiger partial charge in [-0.2, -0.15) is 4.98 Å². The maximum atomic E-state index is 13.0. The van der Waals surface area contributed by atoms with Gasteiger partial charge in [0.15, 0.2) is 0 Å². The molecule has 1 heterocycles. The van der Waals surface area contributed by atoms with E-state index in [1.165, 1.54) is 0 Å². The zero-order valence-electron chi connectivity index (χ0n) is 14.1. The van der Waals surface area contributed by atoms with Crippen molar-refractivity contribution < 1.29 is 12.8 Å². The molecule has 0 unspecified atom stereocenters. The maximum Gasteiger partial charge on any atom is 0.234 e. The number of oxazole rings is 1. The molecule has 0 aliphatic heterocycles. The number of benzene rings is 2. The van der Waals surface area contributed by atoms with E-state index in [9.17, 15) is 8.42 Å². The zero-order chi connectivity index (χ0) is 18.7.